The van der Waals surface area contributed by atoms with Crippen molar-refractivity contribution in [3.63, 3.8) is 0 Å². The molecule has 6 rings (SSSR count). The molecule has 1 saturated heterocycles. The number of benzene rings is 3. The Morgan fingerprint density at radius 2 is 1.58 bits per heavy atom. The van der Waals surface area contributed by atoms with E-state index in [0.29, 0.717) is 17.1 Å². The largest absolute Gasteiger partial charge is 0.333 e. The van der Waals surface area contributed by atoms with Gasteiger partial charge in [0.1, 0.15) is 11.4 Å². The molecule has 5 aromatic rings. The van der Waals surface area contributed by atoms with Crippen molar-refractivity contribution in [2.24, 2.45) is 0 Å². The number of aromatic amines is 1. The molecule has 3 heterocycles. The number of nitrogens with one attached hydrogen (secondary N) is 1. The second-order valence-electron chi connectivity index (χ2n) is 8.32. The molecule has 0 spiro atoms. The number of aryl methyl sites for hydroxylation is 1. The van der Waals surface area contributed by atoms with Gasteiger partial charge in [0, 0.05) is 21.8 Å². The molecule has 1 amide bonds. The van der Waals surface area contributed by atoms with Crippen LogP contribution in [0.3, 0.4) is 0 Å². The van der Waals surface area contributed by atoms with Crippen LogP contribution >= 0.6 is 23.8 Å². The van der Waals surface area contributed by atoms with Crippen LogP contribution in [-0.4, -0.2) is 30.7 Å². The third-order valence-corrected chi connectivity index (χ3v) is 7.02. The summed E-state index contributed by atoms with van der Waals surface area (Å²) in [5, 5.41) is 10.7. The molecule has 164 valence electrons. The van der Waals surface area contributed by atoms with E-state index in [1.807, 2.05) is 55.5 Å². The summed E-state index contributed by atoms with van der Waals surface area (Å²) in [6.45, 7) is 2.47. The van der Waals surface area contributed by atoms with E-state index in [1.165, 1.54) is 10.8 Å². The number of rotatable bonds is 4. The quantitative estimate of drug-likeness (QED) is 0.221. The van der Waals surface area contributed by atoms with Crippen LogP contribution in [0.2, 0.25) is 0 Å². The minimum Gasteiger partial charge on any atom is -0.333 e. The van der Waals surface area contributed by atoms with Gasteiger partial charge in [-0.2, -0.15) is 5.10 Å². The first-order chi connectivity index (χ1) is 16.0. The smallest absolute Gasteiger partial charge is 0.262 e. The summed E-state index contributed by atoms with van der Waals surface area (Å²) in [5.41, 5.74) is 4.30. The van der Waals surface area contributed by atoms with Crippen LogP contribution in [0.15, 0.2) is 72.8 Å². The number of hydrogen-bond donors (Lipinski definition) is 1. The Hall–Kier alpha value is -3.42. The van der Waals surface area contributed by atoms with Crippen molar-refractivity contribution < 1.29 is 4.79 Å². The topological polar surface area (TPSA) is 58.9 Å². The molecule has 0 saturated carbocycles. The lowest BCUT2D eigenvalue weighted by atomic mass is 9.94. The highest BCUT2D eigenvalue weighted by Gasteiger charge is 2.49. The third kappa shape index (κ3) is 3.03. The number of β-lactam (4-membered cyclic amide) rings is 1. The van der Waals surface area contributed by atoms with Gasteiger partial charge in [-0.3, -0.25) is 9.89 Å². The fourth-order valence-electron chi connectivity index (χ4n) is 4.70. The molecule has 0 radical (unpaired) electrons. The van der Waals surface area contributed by atoms with E-state index in [1.54, 1.807) is 9.69 Å². The fourth-order valence-corrected chi connectivity index (χ4v) is 5.29. The maximum atomic E-state index is 12.9. The van der Waals surface area contributed by atoms with E-state index in [4.69, 9.17) is 23.8 Å². The number of carbonyl (C=O) groups excluding carboxylic acids is 1. The lowest BCUT2D eigenvalue weighted by Crippen LogP contribution is -2.62. The van der Waals surface area contributed by atoms with Gasteiger partial charge >= 0.3 is 0 Å². The molecule has 2 unspecified atom stereocenters. The highest BCUT2D eigenvalue weighted by Crippen LogP contribution is 2.38. The second kappa shape index (κ2) is 7.57. The van der Waals surface area contributed by atoms with Crippen molar-refractivity contribution >= 4 is 51.5 Å². The zero-order valence-electron chi connectivity index (χ0n) is 17.8. The number of fused-ring (bicyclic) bond motifs is 3. The fraction of sp³-hybridized carbons (Fsp3) is 0.160. The first-order valence-electron chi connectivity index (χ1n) is 10.7. The molecule has 2 aromatic heterocycles. The van der Waals surface area contributed by atoms with E-state index in [-0.39, 0.29) is 11.9 Å². The molecule has 2 atom stereocenters. The Labute approximate surface area is 200 Å². The predicted octanol–water partition coefficient (Wildman–Crippen LogP) is 5.23. The number of alkyl halides is 1. The van der Waals surface area contributed by atoms with Crippen LogP contribution in [0.4, 0.5) is 0 Å². The van der Waals surface area contributed by atoms with E-state index in [2.05, 4.69) is 39.0 Å². The Kier molecular flexibility index (Phi) is 4.64. The maximum absolute atomic E-state index is 12.9. The zero-order chi connectivity index (χ0) is 22.7. The van der Waals surface area contributed by atoms with Gasteiger partial charge in [-0.25, -0.2) is 9.69 Å². The average Bonchev–Trinajstić information content (AvgIpc) is 3.36. The molecule has 1 aliphatic heterocycles. The van der Waals surface area contributed by atoms with Crippen LogP contribution < -0.4 is 5.01 Å². The van der Waals surface area contributed by atoms with E-state index < -0.39 is 5.38 Å². The Bertz CT molecular complexity index is 1530. The molecule has 0 aliphatic carbocycles. The van der Waals surface area contributed by atoms with Gasteiger partial charge < -0.3 is 4.57 Å². The lowest BCUT2D eigenvalue weighted by molar-refractivity contribution is -0.126. The van der Waals surface area contributed by atoms with Crippen molar-refractivity contribution in [1.82, 2.24) is 19.4 Å². The summed E-state index contributed by atoms with van der Waals surface area (Å²) < 4.78 is 4.26. The molecule has 1 fully saturated rings. The summed E-state index contributed by atoms with van der Waals surface area (Å²) in [4.78, 5) is 12.9. The molecule has 3 aromatic carbocycles. The summed E-state index contributed by atoms with van der Waals surface area (Å²) in [7, 11) is 0. The van der Waals surface area contributed by atoms with Crippen LogP contribution in [0.25, 0.3) is 21.8 Å². The molecule has 6 nitrogen and oxygen atoms in total. The number of H-pyrrole nitrogens is 1. The van der Waals surface area contributed by atoms with E-state index in [0.717, 1.165) is 22.2 Å². The number of halogens is 1. The number of hydrogen-bond acceptors (Lipinski definition) is 3. The minimum atomic E-state index is -0.648. The molecule has 1 aliphatic rings. The maximum Gasteiger partial charge on any atom is 0.262 e. The van der Waals surface area contributed by atoms with Crippen molar-refractivity contribution in [1.29, 1.82) is 0 Å². The van der Waals surface area contributed by atoms with Crippen LogP contribution in [0.1, 0.15) is 23.0 Å². The average molecular weight is 474 g/mol. The highest BCUT2D eigenvalue weighted by atomic mass is 35.5. The van der Waals surface area contributed by atoms with Crippen molar-refractivity contribution in [2.75, 3.05) is 5.01 Å². The number of aromatic nitrogens is 4. The SMILES string of the molecule is Cc1ccc(C2C(Cl)C(=O)N2n2c(Cn3c4ccccc4c4ccccc43)n[nH]c2=S)cc1. The van der Waals surface area contributed by atoms with Gasteiger partial charge in [-0.05, 0) is 36.8 Å². The second-order valence-corrected chi connectivity index (χ2v) is 9.17. The summed E-state index contributed by atoms with van der Waals surface area (Å²) in [6, 6.07) is 24.3. The van der Waals surface area contributed by atoms with Gasteiger partial charge in [-0.15, -0.1) is 11.6 Å². The Morgan fingerprint density at radius 3 is 2.21 bits per heavy atom. The minimum absolute atomic E-state index is 0.191. The number of nitrogens with zero attached hydrogens (tertiary/aromatic N) is 4. The summed E-state index contributed by atoms with van der Waals surface area (Å²) in [6.07, 6.45) is 0. The van der Waals surface area contributed by atoms with Gasteiger partial charge in [-0.1, -0.05) is 66.2 Å². The van der Waals surface area contributed by atoms with Crippen molar-refractivity contribution in [3.05, 3.63) is 94.5 Å². The van der Waals surface area contributed by atoms with Crippen molar-refractivity contribution in [2.45, 2.75) is 24.9 Å². The van der Waals surface area contributed by atoms with Gasteiger partial charge in [0.2, 0.25) is 4.77 Å². The van der Waals surface area contributed by atoms with Crippen LogP contribution in [0, 0.1) is 11.7 Å². The Balaban J connectivity index is 1.47. The van der Waals surface area contributed by atoms with Gasteiger partial charge in [0.05, 0.1) is 6.54 Å². The molecule has 8 heteroatoms. The van der Waals surface area contributed by atoms with E-state index >= 15 is 0 Å². The summed E-state index contributed by atoms with van der Waals surface area (Å²) in [5.74, 6) is 0.448. The number of para-hydroxylation sites is 2. The Morgan fingerprint density at radius 1 is 0.970 bits per heavy atom. The molecule has 33 heavy (non-hydrogen) atoms. The zero-order valence-corrected chi connectivity index (χ0v) is 19.3. The monoisotopic (exact) mass is 473 g/mol. The predicted molar refractivity (Wildman–Crippen MR) is 133 cm³/mol. The first-order valence-corrected chi connectivity index (χ1v) is 11.6. The first kappa shape index (κ1) is 20.2. The van der Waals surface area contributed by atoms with Crippen molar-refractivity contribution in [3.8, 4) is 0 Å². The van der Waals surface area contributed by atoms with E-state index in [9.17, 15) is 4.79 Å². The van der Waals surface area contributed by atoms with Gasteiger partial charge in [0.25, 0.3) is 5.91 Å². The van der Waals surface area contributed by atoms with Gasteiger partial charge in [0.15, 0.2) is 5.82 Å². The summed E-state index contributed by atoms with van der Waals surface area (Å²) >= 11 is 12.0. The molecule has 1 N–H and O–H groups in total. The molecule has 0 bridgehead atoms. The normalized spacial score (nSPS) is 18.2. The molecular formula is C25H20ClN5OS. The van der Waals surface area contributed by atoms with Crippen LogP contribution in [0.5, 0.6) is 0 Å². The molecular weight excluding hydrogens is 454 g/mol. The third-order valence-electron chi connectivity index (χ3n) is 6.33. The number of amides is 1. The number of carbonyl (C=O) groups is 1. The highest BCUT2D eigenvalue weighted by molar-refractivity contribution is 7.71. The van der Waals surface area contributed by atoms with Crippen LogP contribution in [-0.2, 0) is 11.3 Å². The lowest BCUT2D eigenvalue weighted by Gasteiger charge is -2.44. The standard InChI is InChI=1S/C25H20ClN5OS/c1-15-10-12-16(13-11-15)23-22(26)24(32)31(23)30-21(27-28-25(30)33)14-29-19-8-4-2-6-17(19)18-7-3-5-9-20(18)29/h2-13,22-23H,14H2,1H3,(H,28,33).